The Balaban J connectivity index is 1.27. The van der Waals surface area contributed by atoms with Crippen molar-refractivity contribution in [1.29, 1.82) is 0 Å². The van der Waals surface area contributed by atoms with Crippen LogP contribution < -0.4 is 16.2 Å². The lowest BCUT2D eigenvalue weighted by Gasteiger charge is -2.35. The van der Waals surface area contributed by atoms with Gasteiger partial charge in [-0.25, -0.2) is 9.82 Å². The number of carbonyl (C=O) groups is 1. The van der Waals surface area contributed by atoms with E-state index in [4.69, 9.17) is 4.52 Å². The molecule has 8 nitrogen and oxygen atoms in total. The number of aromatic nitrogens is 2. The highest BCUT2D eigenvalue weighted by Gasteiger charge is 2.43. The van der Waals surface area contributed by atoms with Crippen LogP contribution in [0.2, 0.25) is 0 Å². The number of piperidine rings is 2. The summed E-state index contributed by atoms with van der Waals surface area (Å²) in [6.07, 6.45) is 2.83. The number of carbonyl (C=O) groups excluding carboxylic acids is 1. The second kappa shape index (κ2) is 7.81. The summed E-state index contributed by atoms with van der Waals surface area (Å²) < 4.78 is 18.6. The number of hydrogen-bond donors (Lipinski definition) is 3. The predicted molar refractivity (Wildman–Crippen MR) is 103 cm³/mol. The van der Waals surface area contributed by atoms with Crippen LogP contribution in [-0.2, 0) is 4.79 Å². The van der Waals surface area contributed by atoms with Crippen molar-refractivity contribution in [3.8, 4) is 11.4 Å². The van der Waals surface area contributed by atoms with Crippen LogP contribution in [0.3, 0.4) is 0 Å². The second-order valence-corrected chi connectivity index (χ2v) is 8.12. The third-order valence-electron chi connectivity index (χ3n) is 6.27. The molecule has 4 atom stereocenters. The number of nitrogens with zero attached hydrogens (tertiary/aromatic N) is 3. The van der Waals surface area contributed by atoms with Crippen LogP contribution >= 0.6 is 0 Å². The summed E-state index contributed by atoms with van der Waals surface area (Å²) in [5.41, 5.74) is 7.22. The Bertz CT molecular complexity index is 872. The van der Waals surface area contributed by atoms with Crippen LogP contribution in [0.25, 0.3) is 11.4 Å². The van der Waals surface area contributed by atoms with Gasteiger partial charge in [-0.3, -0.25) is 10.2 Å². The molecule has 1 aromatic heterocycles. The number of nitrogens with one attached hydrogen (secondary N) is 3. The molecular weight excluding hydrogens is 375 g/mol. The maximum atomic E-state index is 13.2. The highest BCUT2D eigenvalue weighted by molar-refractivity contribution is 5.83. The first-order valence-electron chi connectivity index (χ1n) is 10.3. The molecule has 5 rings (SSSR count). The average Bonchev–Trinajstić information content (AvgIpc) is 3.42. The Morgan fingerprint density at radius 1 is 1.21 bits per heavy atom. The van der Waals surface area contributed by atoms with Gasteiger partial charge in [-0.2, -0.15) is 4.98 Å². The molecule has 154 valence electrons. The molecule has 3 aliphatic heterocycles. The minimum atomic E-state index is -0.302. The number of amides is 1. The van der Waals surface area contributed by atoms with E-state index in [-0.39, 0.29) is 29.6 Å². The maximum Gasteiger partial charge on any atom is 0.241 e. The average molecular weight is 400 g/mol. The Labute approximate surface area is 168 Å². The lowest BCUT2D eigenvalue weighted by molar-refractivity contribution is -0.135. The van der Waals surface area contributed by atoms with E-state index < -0.39 is 0 Å². The van der Waals surface area contributed by atoms with E-state index in [9.17, 15) is 9.18 Å². The Hall–Kier alpha value is -2.36. The van der Waals surface area contributed by atoms with Crippen molar-refractivity contribution < 1.29 is 13.7 Å². The van der Waals surface area contributed by atoms with Gasteiger partial charge in [-0.15, -0.1) is 0 Å². The molecule has 1 amide bonds. The quantitative estimate of drug-likeness (QED) is 0.708. The van der Waals surface area contributed by atoms with Crippen molar-refractivity contribution >= 4 is 5.91 Å². The minimum Gasteiger partial charge on any atom is -0.340 e. The van der Waals surface area contributed by atoms with Gasteiger partial charge in [0.05, 0.1) is 5.92 Å². The lowest BCUT2D eigenvalue weighted by atomic mass is 9.88. The maximum absolute atomic E-state index is 13.2. The highest BCUT2D eigenvalue weighted by atomic mass is 19.1. The van der Waals surface area contributed by atoms with E-state index in [1.54, 1.807) is 12.1 Å². The largest absolute Gasteiger partial charge is 0.340 e. The van der Waals surface area contributed by atoms with Crippen LogP contribution in [0.1, 0.15) is 31.1 Å². The second-order valence-electron chi connectivity index (χ2n) is 8.12. The molecular formula is C20H25FN6O2. The van der Waals surface area contributed by atoms with E-state index in [1.807, 2.05) is 4.90 Å². The summed E-state index contributed by atoms with van der Waals surface area (Å²) in [6, 6.07) is 6.16. The topological polar surface area (TPSA) is 95.3 Å². The van der Waals surface area contributed by atoms with Gasteiger partial charge in [0.25, 0.3) is 0 Å². The first-order valence-corrected chi connectivity index (χ1v) is 10.3. The summed E-state index contributed by atoms with van der Waals surface area (Å²) >= 11 is 0. The van der Waals surface area contributed by atoms with Crippen molar-refractivity contribution in [2.24, 2.45) is 5.92 Å². The Kier molecular flexibility index (Phi) is 5.03. The predicted octanol–water partition coefficient (Wildman–Crippen LogP) is 1.04. The number of likely N-dealkylation sites (tertiary alicyclic amines) is 1. The normalized spacial score (nSPS) is 29.6. The van der Waals surface area contributed by atoms with Crippen LogP contribution in [0.4, 0.5) is 4.39 Å². The molecule has 3 saturated heterocycles. The van der Waals surface area contributed by atoms with Gasteiger partial charge >= 0.3 is 0 Å². The molecule has 1 aromatic carbocycles. The summed E-state index contributed by atoms with van der Waals surface area (Å²) in [5, 5.41) is 7.44. The van der Waals surface area contributed by atoms with Gasteiger partial charge in [0.1, 0.15) is 11.9 Å². The van der Waals surface area contributed by atoms with Crippen LogP contribution in [0, 0.1) is 11.7 Å². The molecule has 4 unspecified atom stereocenters. The van der Waals surface area contributed by atoms with E-state index >= 15 is 0 Å². The Morgan fingerprint density at radius 2 is 2.07 bits per heavy atom. The summed E-state index contributed by atoms with van der Waals surface area (Å²) in [7, 11) is 0. The fourth-order valence-electron chi connectivity index (χ4n) is 4.65. The van der Waals surface area contributed by atoms with Crippen molar-refractivity contribution in [3.05, 3.63) is 36.0 Å². The third kappa shape index (κ3) is 3.65. The minimum absolute atomic E-state index is 0.0176. The molecule has 0 spiro atoms. The fraction of sp³-hybridized carbons (Fsp3) is 0.550. The Morgan fingerprint density at radius 3 is 2.93 bits per heavy atom. The zero-order valence-electron chi connectivity index (χ0n) is 16.1. The zero-order chi connectivity index (χ0) is 19.8. The van der Waals surface area contributed by atoms with Crippen molar-refractivity contribution in [1.82, 2.24) is 31.2 Å². The number of benzene rings is 1. The van der Waals surface area contributed by atoms with Gasteiger partial charge in [-0.05, 0) is 50.1 Å². The number of hydrazine groups is 1. The molecule has 0 bridgehead atoms. The molecule has 2 aromatic rings. The first-order chi connectivity index (χ1) is 14.2. The lowest BCUT2D eigenvalue weighted by Crippen LogP contribution is -2.52. The number of halogens is 1. The highest BCUT2D eigenvalue weighted by Crippen LogP contribution is 2.29. The van der Waals surface area contributed by atoms with Crippen molar-refractivity contribution in [2.45, 2.75) is 37.3 Å². The first kappa shape index (κ1) is 18.7. The molecule has 3 fully saturated rings. The molecule has 3 N–H and O–H groups in total. The van der Waals surface area contributed by atoms with Crippen LogP contribution in [0.15, 0.2) is 28.8 Å². The molecule has 3 aliphatic rings. The number of fused-ring (bicyclic) bond motifs is 1. The third-order valence-corrected chi connectivity index (χ3v) is 6.27. The fourth-order valence-corrected chi connectivity index (χ4v) is 4.65. The van der Waals surface area contributed by atoms with E-state index in [0.717, 1.165) is 38.9 Å². The van der Waals surface area contributed by atoms with Gasteiger partial charge < -0.3 is 14.7 Å². The number of hydrogen-bond acceptors (Lipinski definition) is 7. The molecule has 29 heavy (non-hydrogen) atoms. The smallest absolute Gasteiger partial charge is 0.241 e. The van der Waals surface area contributed by atoms with Gasteiger partial charge in [0.15, 0.2) is 0 Å². The van der Waals surface area contributed by atoms with Crippen molar-refractivity contribution in [3.63, 3.8) is 0 Å². The van der Waals surface area contributed by atoms with Crippen LogP contribution in [0.5, 0.6) is 0 Å². The molecule has 0 aliphatic carbocycles. The molecule has 0 saturated carbocycles. The SMILES string of the molecule is O=C(C1NNC2CCNCC21)N1CCCC(c2nc(-c3ccc(F)cc3)no2)C1. The summed E-state index contributed by atoms with van der Waals surface area (Å²) in [4.78, 5) is 19.6. The van der Waals surface area contributed by atoms with Gasteiger partial charge in [-0.1, -0.05) is 5.16 Å². The summed E-state index contributed by atoms with van der Waals surface area (Å²) in [6.45, 7) is 3.16. The zero-order valence-corrected chi connectivity index (χ0v) is 16.1. The standard InChI is InChI=1S/C20H25FN6O2/c21-14-5-3-12(4-6-14)18-23-19(29-26-18)13-2-1-9-27(11-13)20(28)17-15-10-22-8-7-16(15)24-25-17/h3-6,13,15-17,22,24-25H,1-2,7-11H2. The monoisotopic (exact) mass is 400 g/mol. The van der Waals surface area contributed by atoms with Crippen molar-refractivity contribution in [2.75, 3.05) is 26.2 Å². The van der Waals surface area contributed by atoms with Gasteiger partial charge in [0.2, 0.25) is 17.6 Å². The van der Waals surface area contributed by atoms with Gasteiger partial charge in [0, 0.05) is 37.2 Å². The molecule has 0 radical (unpaired) electrons. The molecule has 9 heteroatoms. The van der Waals surface area contributed by atoms with E-state index in [1.165, 1.54) is 12.1 Å². The van der Waals surface area contributed by atoms with E-state index in [0.29, 0.717) is 29.9 Å². The molecule has 4 heterocycles. The number of rotatable bonds is 3. The van der Waals surface area contributed by atoms with Crippen LogP contribution in [-0.4, -0.2) is 59.2 Å². The summed E-state index contributed by atoms with van der Waals surface area (Å²) in [5.74, 6) is 1.10. The van der Waals surface area contributed by atoms with E-state index in [2.05, 4.69) is 26.3 Å².